The van der Waals surface area contributed by atoms with Gasteiger partial charge in [0.15, 0.2) is 22.4 Å². The number of nitrogens with one attached hydrogen (secondary N) is 2. The number of fused-ring (bicyclic) bond motifs is 2. The van der Waals surface area contributed by atoms with E-state index in [2.05, 4.69) is 45.7 Å². The van der Waals surface area contributed by atoms with Gasteiger partial charge in [0.05, 0.1) is 11.7 Å². The molecular weight excluding hydrogens is 812 g/mol. The number of carbonyl (C=O) groups is 3. The number of thiazole rings is 1. The zero-order valence-corrected chi connectivity index (χ0v) is 33.8. The number of aryl methyl sites for hydroxylation is 1. The molecule has 5 aromatic heterocycles. The summed E-state index contributed by atoms with van der Waals surface area (Å²) in [7, 11) is 0. The molecule has 0 spiro atoms. The van der Waals surface area contributed by atoms with Crippen molar-refractivity contribution in [2.45, 2.75) is 35.2 Å². The molecule has 0 bridgehead atoms. The van der Waals surface area contributed by atoms with Gasteiger partial charge in [-0.05, 0) is 18.6 Å². The number of hydrogen-bond acceptors (Lipinski definition) is 21. The summed E-state index contributed by atoms with van der Waals surface area (Å²) in [6, 6.07) is 1.77. The summed E-state index contributed by atoms with van der Waals surface area (Å²) < 4.78 is 6.97. The SMILES string of the molecule is Cc1cc(SCC2=C(C(=O)[O-])N3C(=O)[C@@H](NC(=O)/C(=N\OCCSc4nnc(-c5cc(=O)c(O)c[nH]5)o4)c4csc(N)n4)[C@H]3SC2)n2nc(CO)nc2n1.[Na+]. The zero-order chi connectivity index (χ0) is 38.1. The molecule has 2 amide bonds. The summed E-state index contributed by atoms with van der Waals surface area (Å²) in [5.74, 6) is -2.33. The van der Waals surface area contributed by atoms with Gasteiger partial charge in [-0.15, -0.1) is 50.2 Å². The molecule has 7 rings (SSSR count). The van der Waals surface area contributed by atoms with Crippen molar-refractivity contribution >= 4 is 81.0 Å². The van der Waals surface area contributed by atoms with Gasteiger partial charge >= 0.3 is 29.6 Å². The number of amides is 2. The van der Waals surface area contributed by atoms with E-state index in [1.54, 1.807) is 13.0 Å². The number of aromatic hydroxyl groups is 1. The van der Waals surface area contributed by atoms with Crippen molar-refractivity contribution in [3.63, 3.8) is 0 Å². The number of carboxylic acids is 1. The molecule has 21 nitrogen and oxygen atoms in total. The number of nitrogen functional groups attached to an aromatic ring is 1. The number of hydrogen-bond donors (Lipinski definition) is 5. The van der Waals surface area contributed by atoms with Crippen LogP contribution in [-0.4, -0.2) is 114 Å². The number of β-lactam (4-membered cyclic amide) rings is 1. The van der Waals surface area contributed by atoms with Gasteiger partial charge in [-0.25, -0.2) is 9.97 Å². The Balaban J connectivity index is 0.00000514. The van der Waals surface area contributed by atoms with Crippen molar-refractivity contribution in [2.24, 2.45) is 5.16 Å². The maximum Gasteiger partial charge on any atom is 1.00 e. The predicted octanol–water partition coefficient (Wildman–Crippen LogP) is -3.88. The fourth-order valence-corrected chi connectivity index (χ4v) is 8.81. The molecule has 55 heavy (non-hydrogen) atoms. The molecule has 0 saturated carbocycles. The van der Waals surface area contributed by atoms with Crippen LogP contribution in [0.3, 0.4) is 0 Å². The average molecular weight is 837 g/mol. The molecule has 280 valence electrons. The van der Waals surface area contributed by atoms with Crippen molar-refractivity contribution in [3.8, 4) is 17.3 Å². The number of aliphatic hydroxyl groups is 1. The molecule has 6 N–H and O–H groups in total. The van der Waals surface area contributed by atoms with Gasteiger partial charge in [0, 0.05) is 40.6 Å². The number of anilines is 1. The van der Waals surface area contributed by atoms with Crippen molar-refractivity contribution in [1.29, 1.82) is 0 Å². The van der Waals surface area contributed by atoms with Crippen LogP contribution in [0, 0.1) is 6.92 Å². The number of pyridine rings is 1. The molecule has 0 aliphatic carbocycles. The molecule has 2 atom stereocenters. The summed E-state index contributed by atoms with van der Waals surface area (Å²) in [4.78, 5) is 72.7. The average Bonchev–Trinajstić information content (AvgIpc) is 3.91. The number of nitrogens with two attached hydrogens (primary N) is 1. The molecule has 0 radical (unpaired) electrons. The molecule has 0 unspecified atom stereocenters. The summed E-state index contributed by atoms with van der Waals surface area (Å²) in [5, 5.41) is 51.5. The number of aliphatic hydroxyl groups excluding tert-OH is 1. The standard InChI is InChI=1S/C29H26N12O9S4.Na/c1-11-4-18(41-28(32-11)34-17(7-42)38-41)52-8-12-9-53-25-20(24(46)40(25)21(12)26(47)48)35-22(45)19(14-10-54-27(30)33-14)39-49-2-3-51-29-37-36-23(50-29)13-5-15(43)16(44)6-31-13;/h4-6,10,20,25,42,44H,2-3,7-9H2,1H3,(H2,30,33)(H,31,43)(H,35,45)(H,47,48);/q;+1/p-1/b39-19-;/t20-,25-;/m1./s1. The Bertz CT molecular complexity index is 2410. The summed E-state index contributed by atoms with van der Waals surface area (Å²) >= 11 is 4.70. The van der Waals surface area contributed by atoms with Gasteiger partial charge in [0.1, 0.15) is 41.0 Å². The second-order valence-electron chi connectivity index (χ2n) is 11.2. The molecule has 2 aliphatic heterocycles. The van der Waals surface area contributed by atoms with Gasteiger partial charge in [-0.3, -0.25) is 19.3 Å². The molecule has 1 fully saturated rings. The van der Waals surface area contributed by atoms with Crippen LogP contribution in [0.2, 0.25) is 0 Å². The van der Waals surface area contributed by atoms with E-state index in [-0.39, 0.29) is 111 Å². The van der Waals surface area contributed by atoms with Gasteiger partial charge < -0.3 is 45.4 Å². The number of nitrogens with zero attached hydrogens (tertiary/aromatic N) is 9. The third-order valence-electron chi connectivity index (χ3n) is 7.58. The van der Waals surface area contributed by atoms with Crippen molar-refractivity contribution in [1.82, 2.24) is 50.0 Å². The third kappa shape index (κ3) is 8.52. The Hall–Kier alpha value is -4.50. The largest absolute Gasteiger partial charge is 1.00 e. The van der Waals surface area contributed by atoms with E-state index in [1.807, 2.05) is 0 Å². The Morgan fingerprint density at radius 2 is 2.05 bits per heavy atom. The molecule has 2 aliphatic rings. The van der Waals surface area contributed by atoms with Gasteiger partial charge in [-0.2, -0.15) is 9.50 Å². The number of aliphatic carboxylic acids is 1. The molecule has 7 heterocycles. The third-order valence-corrected chi connectivity index (χ3v) is 11.5. The van der Waals surface area contributed by atoms with Crippen LogP contribution >= 0.6 is 46.6 Å². The van der Waals surface area contributed by atoms with Crippen LogP contribution in [0.15, 0.2) is 59.6 Å². The first kappa shape index (κ1) is 40.2. The normalized spacial score (nSPS) is 16.8. The predicted molar refractivity (Wildman–Crippen MR) is 191 cm³/mol. The van der Waals surface area contributed by atoms with Crippen LogP contribution in [0.25, 0.3) is 17.4 Å². The number of carboxylic acid groups (broad SMARTS) is 1. The first-order valence-corrected chi connectivity index (χ1v) is 19.4. The Kier molecular flexibility index (Phi) is 12.5. The van der Waals surface area contributed by atoms with E-state index in [1.165, 1.54) is 33.4 Å². The monoisotopic (exact) mass is 836 g/mol. The summed E-state index contributed by atoms with van der Waals surface area (Å²) in [6.07, 6.45) is 1.10. The minimum atomic E-state index is -1.54. The quantitative estimate of drug-likeness (QED) is 0.0136. The second kappa shape index (κ2) is 17.1. The van der Waals surface area contributed by atoms with E-state index in [9.17, 15) is 34.5 Å². The van der Waals surface area contributed by atoms with Crippen LogP contribution in [0.4, 0.5) is 5.13 Å². The maximum atomic E-state index is 13.5. The van der Waals surface area contributed by atoms with Crippen molar-refractivity contribution in [2.75, 3.05) is 29.6 Å². The Morgan fingerprint density at radius 1 is 1.24 bits per heavy atom. The smallest absolute Gasteiger partial charge is 0.543 e. The van der Waals surface area contributed by atoms with Gasteiger partial charge in [-0.1, -0.05) is 16.9 Å². The minimum Gasteiger partial charge on any atom is -0.543 e. The van der Waals surface area contributed by atoms with E-state index in [0.29, 0.717) is 16.3 Å². The van der Waals surface area contributed by atoms with Crippen LogP contribution < -0.4 is 51.1 Å². The van der Waals surface area contributed by atoms with E-state index < -0.39 is 40.4 Å². The number of carbonyl (C=O) groups excluding carboxylic acids is 3. The first-order chi connectivity index (χ1) is 26.0. The number of oxime groups is 1. The minimum absolute atomic E-state index is 0. The molecule has 26 heteroatoms. The first-order valence-electron chi connectivity index (χ1n) is 15.5. The number of H-pyrrole nitrogens is 1. The van der Waals surface area contributed by atoms with E-state index in [4.69, 9.17) is 15.0 Å². The van der Waals surface area contributed by atoms with E-state index >= 15 is 0 Å². The number of aromatic nitrogens is 8. The van der Waals surface area contributed by atoms with E-state index in [0.717, 1.165) is 40.3 Å². The molecular formula is C29H25N12NaO9S4. The van der Waals surface area contributed by atoms with Gasteiger partial charge in [0.25, 0.3) is 28.7 Å². The van der Waals surface area contributed by atoms with Crippen molar-refractivity contribution < 1.29 is 68.5 Å². The Morgan fingerprint density at radius 3 is 2.78 bits per heavy atom. The zero-order valence-electron chi connectivity index (χ0n) is 28.5. The molecule has 5 aromatic rings. The van der Waals surface area contributed by atoms with Gasteiger partial charge in [0.2, 0.25) is 5.43 Å². The number of thioether (sulfide) groups is 3. The summed E-state index contributed by atoms with van der Waals surface area (Å²) in [6.45, 7) is 1.35. The number of rotatable bonds is 14. The maximum absolute atomic E-state index is 13.5. The second-order valence-corrected chi connectivity index (χ2v) is 15.2. The topological polar surface area (TPSA) is 305 Å². The number of aromatic amines is 1. The molecule has 0 aromatic carbocycles. The van der Waals surface area contributed by atoms with Crippen molar-refractivity contribution in [3.05, 3.63) is 62.4 Å². The van der Waals surface area contributed by atoms with Crippen LogP contribution in [0.5, 0.6) is 5.75 Å². The van der Waals surface area contributed by atoms with Crippen LogP contribution in [-0.2, 0) is 25.8 Å². The molecule has 1 saturated heterocycles. The Labute approximate surface area is 346 Å². The fourth-order valence-electron chi connectivity index (χ4n) is 5.16. The fraction of sp³-hybridized carbons (Fsp3) is 0.276. The van der Waals surface area contributed by atoms with Crippen LogP contribution in [0.1, 0.15) is 17.2 Å². The summed E-state index contributed by atoms with van der Waals surface area (Å²) in [5.41, 5.74) is 6.02.